The minimum atomic E-state index is -1.04. The first kappa shape index (κ1) is 11.6. The highest BCUT2D eigenvalue weighted by Gasteiger charge is 2.59. The Morgan fingerprint density at radius 2 is 2.28 bits per heavy atom. The van der Waals surface area contributed by atoms with Crippen molar-refractivity contribution in [1.29, 1.82) is 0 Å². The van der Waals surface area contributed by atoms with Gasteiger partial charge in [0.15, 0.2) is 0 Å². The summed E-state index contributed by atoms with van der Waals surface area (Å²) in [6, 6.07) is 5.01. The predicted molar refractivity (Wildman–Crippen MR) is 68.1 cm³/mol. The Morgan fingerprint density at radius 1 is 1.50 bits per heavy atom. The van der Waals surface area contributed by atoms with E-state index in [1.54, 1.807) is 18.2 Å². The molecule has 0 aromatic heterocycles. The van der Waals surface area contributed by atoms with Crippen molar-refractivity contribution in [3.63, 3.8) is 0 Å². The summed E-state index contributed by atoms with van der Waals surface area (Å²) in [6.07, 6.45) is 0.676. The van der Waals surface area contributed by atoms with Crippen molar-refractivity contribution in [2.45, 2.75) is 18.1 Å². The first-order chi connectivity index (χ1) is 8.56. The van der Waals surface area contributed by atoms with Crippen LogP contribution in [0.25, 0.3) is 0 Å². The van der Waals surface area contributed by atoms with Crippen LogP contribution >= 0.6 is 11.6 Å². The SMILES string of the molecule is NC1=N[C@](CF)(c2cc(N)ccc2Cl)[C@H]2CC2O1. The van der Waals surface area contributed by atoms with Gasteiger partial charge in [-0.15, -0.1) is 0 Å². The lowest BCUT2D eigenvalue weighted by Crippen LogP contribution is -2.39. The zero-order valence-electron chi connectivity index (χ0n) is 9.57. The van der Waals surface area contributed by atoms with Crippen molar-refractivity contribution in [1.82, 2.24) is 0 Å². The number of nitrogens with zero attached hydrogens (tertiary/aromatic N) is 1. The number of fused-ring (bicyclic) bond motifs is 1. The molecule has 1 fully saturated rings. The molecule has 3 rings (SSSR count). The number of ether oxygens (including phenoxy) is 1. The number of benzene rings is 1. The number of amidine groups is 1. The summed E-state index contributed by atoms with van der Waals surface area (Å²) in [6.45, 7) is -0.665. The van der Waals surface area contributed by atoms with E-state index >= 15 is 0 Å². The van der Waals surface area contributed by atoms with Crippen molar-refractivity contribution >= 4 is 23.3 Å². The van der Waals surface area contributed by atoms with Crippen molar-refractivity contribution in [2.24, 2.45) is 16.6 Å². The first-order valence-corrected chi connectivity index (χ1v) is 6.08. The Hall–Kier alpha value is -1.49. The van der Waals surface area contributed by atoms with Gasteiger partial charge in [-0.3, -0.25) is 0 Å². The first-order valence-electron chi connectivity index (χ1n) is 5.70. The predicted octanol–water partition coefficient (Wildman–Crippen LogP) is 1.82. The average molecular weight is 270 g/mol. The molecule has 0 spiro atoms. The van der Waals surface area contributed by atoms with Gasteiger partial charge in [-0.05, 0) is 24.6 Å². The average Bonchev–Trinajstić information content (AvgIpc) is 3.10. The van der Waals surface area contributed by atoms with Crippen LogP contribution in [0, 0.1) is 5.92 Å². The fraction of sp³-hybridized carbons (Fsp3) is 0.417. The summed E-state index contributed by atoms with van der Waals surface area (Å²) in [7, 11) is 0. The number of nitrogen functional groups attached to an aromatic ring is 1. The minimum absolute atomic E-state index is 0.0184. The third-order valence-corrected chi connectivity index (χ3v) is 3.92. The number of rotatable bonds is 2. The lowest BCUT2D eigenvalue weighted by molar-refractivity contribution is 0.171. The number of anilines is 1. The van der Waals surface area contributed by atoms with Crippen LogP contribution in [0.4, 0.5) is 10.1 Å². The van der Waals surface area contributed by atoms with E-state index in [9.17, 15) is 4.39 Å². The fourth-order valence-electron chi connectivity index (χ4n) is 2.60. The van der Waals surface area contributed by atoms with E-state index in [1.807, 2.05) is 0 Å². The number of aliphatic imine (C=N–C) groups is 1. The smallest absolute Gasteiger partial charge is 0.283 e. The molecule has 1 aliphatic heterocycles. The summed E-state index contributed by atoms with van der Waals surface area (Å²) in [4.78, 5) is 4.18. The summed E-state index contributed by atoms with van der Waals surface area (Å²) in [5.41, 5.74) is 11.4. The van der Waals surface area contributed by atoms with Gasteiger partial charge in [-0.25, -0.2) is 9.38 Å². The van der Waals surface area contributed by atoms with Crippen molar-refractivity contribution < 1.29 is 9.13 Å². The molecular formula is C12H13ClFN3O. The molecule has 6 heteroatoms. The second-order valence-corrected chi connectivity index (χ2v) is 5.15. The highest BCUT2D eigenvalue weighted by atomic mass is 35.5. The van der Waals surface area contributed by atoms with Gasteiger partial charge >= 0.3 is 0 Å². The van der Waals surface area contributed by atoms with E-state index in [2.05, 4.69) is 4.99 Å². The largest absolute Gasteiger partial charge is 0.462 e. The highest BCUT2D eigenvalue weighted by Crippen LogP contribution is 2.54. The topological polar surface area (TPSA) is 73.6 Å². The molecule has 0 amide bonds. The van der Waals surface area contributed by atoms with Gasteiger partial charge in [0.05, 0.1) is 0 Å². The third-order valence-electron chi connectivity index (χ3n) is 3.59. The van der Waals surface area contributed by atoms with Crippen LogP contribution in [0.3, 0.4) is 0 Å². The van der Waals surface area contributed by atoms with Crippen LogP contribution < -0.4 is 11.5 Å². The van der Waals surface area contributed by atoms with Crippen LogP contribution in [-0.4, -0.2) is 18.8 Å². The van der Waals surface area contributed by atoms with Gasteiger partial charge in [0, 0.05) is 22.2 Å². The summed E-state index contributed by atoms with van der Waals surface area (Å²) >= 11 is 6.16. The number of alkyl halides is 1. The Kier molecular flexibility index (Phi) is 2.41. The van der Waals surface area contributed by atoms with Crippen molar-refractivity contribution in [2.75, 3.05) is 12.4 Å². The lowest BCUT2D eigenvalue weighted by Gasteiger charge is -2.31. The Bertz CT molecular complexity index is 536. The quantitative estimate of drug-likeness (QED) is 0.805. The van der Waals surface area contributed by atoms with Crippen molar-refractivity contribution in [3.8, 4) is 0 Å². The van der Waals surface area contributed by atoms with Crippen LogP contribution in [0.5, 0.6) is 0 Å². The standard InChI is InChI=1S/C12H13ClFN3O/c13-9-2-1-6(15)3-7(9)12(5-14)8-4-10(8)18-11(16)17-12/h1-3,8,10H,4-5,15H2,(H2,16,17)/t8-,10?,12+/m0/s1. The second-order valence-electron chi connectivity index (χ2n) is 4.75. The van der Waals surface area contributed by atoms with Crippen LogP contribution in [-0.2, 0) is 10.3 Å². The normalized spacial score (nSPS) is 33.3. The Balaban J connectivity index is 2.16. The summed E-state index contributed by atoms with van der Waals surface area (Å²) in [5, 5.41) is 0.450. The number of nitrogens with two attached hydrogens (primary N) is 2. The number of hydrogen-bond donors (Lipinski definition) is 2. The maximum absolute atomic E-state index is 13.7. The molecule has 1 aliphatic carbocycles. The maximum atomic E-state index is 13.7. The van der Waals surface area contributed by atoms with Gasteiger partial charge in [0.2, 0.25) is 0 Å². The summed E-state index contributed by atoms with van der Waals surface area (Å²) in [5.74, 6) is -0.0194. The van der Waals surface area contributed by atoms with Crippen LogP contribution in [0.15, 0.2) is 23.2 Å². The molecule has 1 aromatic rings. The van der Waals surface area contributed by atoms with Gasteiger partial charge in [-0.1, -0.05) is 11.6 Å². The molecule has 2 aliphatic rings. The zero-order chi connectivity index (χ0) is 12.9. The molecule has 1 unspecified atom stereocenters. The molecule has 0 saturated heterocycles. The van der Waals surface area contributed by atoms with E-state index in [0.717, 1.165) is 6.42 Å². The van der Waals surface area contributed by atoms with Gasteiger partial charge in [0.1, 0.15) is 18.3 Å². The van der Waals surface area contributed by atoms with Crippen LogP contribution in [0.1, 0.15) is 12.0 Å². The molecular weight excluding hydrogens is 257 g/mol. The molecule has 4 nitrogen and oxygen atoms in total. The monoisotopic (exact) mass is 269 g/mol. The molecule has 96 valence electrons. The number of halogens is 2. The van der Waals surface area contributed by atoms with E-state index in [4.69, 9.17) is 27.8 Å². The molecule has 18 heavy (non-hydrogen) atoms. The molecule has 0 bridgehead atoms. The van der Waals surface area contributed by atoms with Gasteiger partial charge in [-0.2, -0.15) is 0 Å². The number of hydrogen-bond acceptors (Lipinski definition) is 4. The minimum Gasteiger partial charge on any atom is -0.462 e. The molecule has 1 aromatic carbocycles. The molecule has 1 saturated carbocycles. The second kappa shape index (κ2) is 3.75. The van der Waals surface area contributed by atoms with Crippen molar-refractivity contribution in [3.05, 3.63) is 28.8 Å². The lowest BCUT2D eigenvalue weighted by atomic mass is 9.86. The fourth-order valence-corrected chi connectivity index (χ4v) is 2.88. The molecule has 4 N–H and O–H groups in total. The molecule has 3 atom stereocenters. The zero-order valence-corrected chi connectivity index (χ0v) is 10.3. The van der Waals surface area contributed by atoms with Crippen LogP contribution in [0.2, 0.25) is 5.02 Å². The van der Waals surface area contributed by atoms with E-state index < -0.39 is 12.2 Å². The van der Waals surface area contributed by atoms with Gasteiger partial charge < -0.3 is 16.2 Å². The third kappa shape index (κ3) is 1.54. The van der Waals surface area contributed by atoms with E-state index in [1.165, 1.54) is 0 Å². The summed E-state index contributed by atoms with van der Waals surface area (Å²) < 4.78 is 19.0. The van der Waals surface area contributed by atoms with E-state index in [0.29, 0.717) is 16.3 Å². The maximum Gasteiger partial charge on any atom is 0.283 e. The van der Waals surface area contributed by atoms with Gasteiger partial charge in [0.25, 0.3) is 6.02 Å². The molecule has 0 radical (unpaired) electrons. The van der Waals surface area contributed by atoms with E-state index in [-0.39, 0.29) is 18.0 Å². The molecule has 1 heterocycles. The highest BCUT2D eigenvalue weighted by molar-refractivity contribution is 6.31. The Morgan fingerprint density at radius 3 is 3.00 bits per heavy atom. The Labute approximate surface area is 109 Å².